The minimum atomic E-state index is 0. The van der Waals surface area contributed by atoms with Gasteiger partial charge in [-0.2, -0.15) is 0 Å². The van der Waals surface area contributed by atoms with Crippen molar-refractivity contribution in [1.82, 2.24) is 15.0 Å². The van der Waals surface area contributed by atoms with Crippen molar-refractivity contribution in [2.45, 2.75) is 0 Å². The molecular weight excluding hydrogens is 318 g/mol. The lowest BCUT2D eigenvalue weighted by molar-refractivity contribution is 0.808. The molecule has 0 spiro atoms. The van der Waals surface area contributed by atoms with Crippen LogP contribution in [-0.4, -0.2) is 15.0 Å². The summed E-state index contributed by atoms with van der Waals surface area (Å²) in [5.41, 5.74) is 5.05. The zero-order chi connectivity index (χ0) is 15.5. The first kappa shape index (κ1) is 16.0. The van der Waals surface area contributed by atoms with Crippen molar-refractivity contribution in [3.05, 3.63) is 91.0 Å². The van der Waals surface area contributed by atoms with Gasteiger partial charge in [0.15, 0.2) is 0 Å². The molecule has 3 nitrogen and oxygen atoms in total. The maximum absolute atomic E-state index is 4.45. The average molecular weight is 334 g/mol. The van der Waals surface area contributed by atoms with E-state index in [2.05, 4.69) is 34.6 Å². The normalized spacial score (nSPS) is 10.2. The summed E-state index contributed by atoms with van der Waals surface area (Å²) in [6.45, 7) is 0. The van der Waals surface area contributed by atoms with Crippen molar-refractivity contribution in [3.63, 3.8) is 0 Å². The Bertz CT molecular complexity index is 847. The molecule has 0 N–H and O–H groups in total. The van der Waals surface area contributed by atoms with Gasteiger partial charge in [0.25, 0.3) is 0 Å². The molecule has 1 aromatic heterocycles. The third-order valence-electron chi connectivity index (χ3n) is 3.77. The second-order valence-electron chi connectivity index (χ2n) is 5.27. The lowest BCUT2D eigenvalue weighted by atomic mass is 10.0. The standard InChI is InChI=1S/C20H15N3.ClH/c1-4-10-16(11-5-1)19-20(17-12-6-2-7-13-17)23(22-21-19)18-14-8-3-9-15-18;/h1-15H;1H. The smallest absolute Gasteiger partial charge is 0.121 e. The molecule has 0 bridgehead atoms. The summed E-state index contributed by atoms with van der Waals surface area (Å²) in [4.78, 5) is 0. The predicted octanol–water partition coefficient (Wildman–Crippen LogP) is 5.02. The van der Waals surface area contributed by atoms with Crippen molar-refractivity contribution in [2.75, 3.05) is 0 Å². The molecule has 0 aliphatic rings. The molecule has 4 aromatic rings. The first-order chi connectivity index (χ1) is 11.4. The zero-order valence-corrected chi connectivity index (χ0v) is 13.7. The molecule has 0 fully saturated rings. The summed E-state index contributed by atoms with van der Waals surface area (Å²) >= 11 is 0. The van der Waals surface area contributed by atoms with Gasteiger partial charge < -0.3 is 0 Å². The van der Waals surface area contributed by atoms with Gasteiger partial charge in [-0.3, -0.25) is 0 Å². The Balaban J connectivity index is 0.00000169. The minimum Gasteiger partial charge on any atom is -0.212 e. The van der Waals surface area contributed by atoms with E-state index < -0.39 is 0 Å². The maximum atomic E-state index is 4.45. The van der Waals surface area contributed by atoms with Crippen molar-refractivity contribution in [3.8, 4) is 28.2 Å². The van der Waals surface area contributed by atoms with Gasteiger partial charge >= 0.3 is 0 Å². The van der Waals surface area contributed by atoms with E-state index in [1.54, 1.807) is 0 Å². The number of hydrogen-bond acceptors (Lipinski definition) is 2. The Morgan fingerprint density at radius 3 is 1.67 bits per heavy atom. The Morgan fingerprint density at radius 2 is 1.08 bits per heavy atom. The van der Waals surface area contributed by atoms with Crippen LogP contribution >= 0.6 is 12.4 Å². The molecule has 4 rings (SSSR count). The van der Waals surface area contributed by atoms with E-state index in [-0.39, 0.29) is 12.4 Å². The largest absolute Gasteiger partial charge is 0.212 e. The second-order valence-corrected chi connectivity index (χ2v) is 5.27. The molecule has 0 saturated heterocycles. The van der Waals surface area contributed by atoms with Crippen LogP contribution in [0.5, 0.6) is 0 Å². The highest BCUT2D eigenvalue weighted by molar-refractivity contribution is 5.85. The van der Waals surface area contributed by atoms with Crippen LogP contribution in [0.2, 0.25) is 0 Å². The van der Waals surface area contributed by atoms with Gasteiger partial charge in [-0.25, -0.2) is 4.68 Å². The molecule has 0 aliphatic heterocycles. The summed E-state index contributed by atoms with van der Waals surface area (Å²) in [7, 11) is 0. The maximum Gasteiger partial charge on any atom is 0.121 e. The number of hydrogen-bond donors (Lipinski definition) is 0. The van der Waals surface area contributed by atoms with Gasteiger partial charge in [-0.1, -0.05) is 84.1 Å². The van der Waals surface area contributed by atoms with Crippen LogP contribution in [0, 0.1) is 0 Å². The van der Waals surface area contributed by atoms with Gasteiger partial charge in [-0.15, -0.1) is 17.5 Å². The molecule has 0 atom stereocenters. The second kappa shape index (κ2) is 7.11. The van der Waals surface area contributed by atoms with E-state index in [4.69, 9.17) is 0 Å². The molecule has 118 valence electrons. The lowest BCUT2D eigenvalue weighted by Gasteiger charge is -2.08. The van der Waals surface area contributed by atoms with Crippen molar-refractivity contribution in [1.29, 1.82) is 0 Å². The molecule has 0 unspecified atom stereocenters. The lowest BCUT2D eigenvalue weighted by Crippen LogP contribution is -1.99. The SMILES string of the molecule is Cl.c1ccc(-c2nnn(-c3ccccc3)c2-c2ccccc2)cc1. The first-order valence-electron chi connectivity index (χ1n) is 7.55. The fraction of sp³-hybridized carbons (Fsp3) is 0. The van der Waals surface area contributed by atoms with Crippen LogP contribution in [0.4, 0.5) is 0 Å². The number of halogens is 1. The number of benzene rings is 3. The van der Waals surface area contributed by atoms with Gasteiger partial charge in [0.1, 0.15) is 11.4 Å². The molecule has 0 saturated carbocycles. The van der Waals surface area contributed by atoms with E-state index in [9.17, 15) is 0 Å². The van der Waals surface area contributed by atoms with Gasteiger partial charge in [-0.05, 0) is 12.1 Å². The third kappa shape index (κ3) is 2.94. The molecule has 0 radical (unpaired) electrons. The fourth-order valence-corrected chi connectivity index (χ4v) is 2.68. The number of para-hydroxylation sites is 1. The molecule has 1 heterocycles. The quantitative estimate of drug-likeness (QED) is 0.527. The highest BCUT2D eigenvalue weighted by Crippen LogP contribution is 2.31. The van der Waals surface area contributed by atoms with Crippen molar-refractivity contribution < 1.29 is 0 Å². The number of rotatable bonds is 3. The summed E-state index contributed by atoms with van der Waals surface area (Å²) in [6, 6.07) is 30.5. The third-order valence-corrected chi connectivity index (χ3v) is 3.77. The van der Waals surface area contributed by atoms with Crippen LogP contribution in [0.15, 0.2) is 91.0 Å². The first-order valence-corrected chi connectivity index (χ1v) is 7.55. The Morgan fingerprint density at radius 1 is 0.583 bits per heavy atom. The van der Waals surface area contributed by atoms with E-state index in [1.165, 1.54) is 0 Å². The monoisotopic (exact) mass is 333 g/mol. The van der Waals surface area contributed by atoms with Crippen LogP contribution < -0.4 is 0 Å². The fourth-order valence-electron chi connectivity index (χ4n) is 2.68. The number of nitrogens with zero attached hydrogens (tertiary/aromatic N) is 3. The van der Waals surface area contributed by atoms with E-state index >= 15 is 0 Å². The van der Waals surface area contributed by atoms with Crippen LogP contribution in [0.3, 0.4) is 0 Å². The van der Waals surface area contributed by atoms with Crippen LogP contribution in [-0.2, 0) is 0 Å². The summed E-state index contributed by atoms with van der Waals surface area (Å²) in [5.74, 6) is 0. The van der Waals surface area contributed by atoms with E-state index in [0.29, 0.717) is 0 Å². The van der Waals surface area contributed by atoms with Gasteiger partial charge in [0.2, 0.25) is 0 Å². The number of aromatic nitrogens is 3. The Labute approximate surface area is 147 Å². The molecule has 0 amide bonds. The van der Waals surface area contributed by atoms with E-state index in [1.807, 2.05) is 71.4 Å². The Hall–Kier alpha value is -2.91. The highest BCUT2D eigenvalue weighted by Gasteiger charge is 2.17. The highest BCUT2D eigenvalue weighted by atomic mass is 35.5. The van der Waals surface area contributed by atoms with Crippen molar-refractivity contribution >= 4 is 12.4 Å². The summed E-state index contributed by atoms with van der Waals surface area (Å²) in [6.07, 6.45) is 0. The summed E-state index contributed by atoms with van der Waals surface area (Å²) < 4.78 is 1.90. The molecule has 0 aliphatic carbocycles. The van der Waals surface area contributed by atoms with Crippen LogP contribution in [0.1, 0.15) is 0 Å². The van der Waals surface area contributed by atoms with E-state index in [0.717, 1.165) is 28.2 Å². The molecular formula is C20H16ClN3. The average Bonchev–Trinajstić information content (AvgIpc) is 3.09. The zero-order valence-electron chi connectivity index (χ0n) is 12.9. The molecule has 4 heteroatoms. The molecule has 3 aromatic carbocycles. The molecule has 24 heavy (non-hydrogen) atoms. The van der Waals surface area contributed by atoms with Crippen molar-refractivity contribution in [2.24, 2.45) is 0 Å². The topological polar surface area (TPSA) is 30.7 Å². The van der Waals surface area contributed by atoms with Gasteiger partial charge in [0.05, 0.1) is 5.69 Å². The Kier molecular flexibility index (Phi) is 4.73. The van der Waals surface area contributed by atoms with Crippen LogP contribution in [0.25, 0.3) is 28.2 Å². The minimum absolute atomic E-state index is 0. The van der Waals surface area contributed by atoms with Gasteiger partial charge in [0, 0.05) is 11.1 Å². The summed E-state index contributed by atoms with van der Waals surface area (Å²) in [5, 5.41) is 8.86. The predicted molar refractivity (Wildman–Crippen MR) is 99.5 cm³/mol.